The molecule has 0 radical (unpaired) electrons. The Hall–Kier alpha value is -2.80. The monoisotopic (exact) mass is 376 g/mol. The molecule has 0 unspecified atom stereocenters. The minimum absolute atomic E-state index is 0.204. The summed E-state index contributed by atoms with van der Waals surface area (Å²) in [5, 5.41) is 13.6. The van der Waals surface area contributed by atoms with Crippen LogP contribution in [0, 0.1) is 0 Å². The molecule has 0 aliphatic carbocycles. The van der Waals surface area contributed by atoms with Gasteiger partial charge in [0.2, 0.25) is 5.91 Å². The van der Waals surface area contributed by atoms with Crippen molar-refractivity contribution in [2.24, 2.45) is 0 Å². The van der Waals surface area contributed by atoms with Crippen molar-refractivity contribution in [2.45, 2.75) is 19.8 Å². The third-order valence-electron chi connectivity index (χ3n) is 4.21. The predicted molar refractivity (Wildman–Crippen MR) is 98.4 cm³/mol. The van der Waals surface area contributed by atoms with Gasteiger partial charge in [0.1, 0.15) is 5.75 Å². The van der Waals surface area contributed by atoms with Gasteiger partial charge < -0.3 is 15.2 Å². The molecule has 0 bridgehead atoms. The second kappa shape index (κ2) is 6.84. The molecular formula is C18H17ClN2O5. The van der Waals surface area contributed by atoms with Crippen LogP contribution in [0.2, 0.25) is 0 Å². The van der Waals surface area contributed by atoms with E-state index in [0.29, 0.717) is 22.1 Å². The lowest BCUT2D eigenvalue weighted by Crippen LogP contribution is -2.28. The first kappa shape index (κ1) is 18.0. The van der Waals surface area contributed by atoms with Crippen LogP contribution in [0.4, 0.5) is 16.2 Å². The summed E-state index contributed by atoms with van der Waals surface area (Å²) in [6.07, 6.45) is -1.11. The van der Waals surface area contributed by atoms with Gasteiger partial charge in [-0.3, -0.25) is 14.5 Å². The topological polar surface area (TPSA) is 95.9 Å². The fourth-order valence-electron chi connectivity index (χ4n) is 3.29. The fraction of sp³-hybridized carbons (Fsp3) is 0.278. The van der Waals surface area contributed by atoms with Gasteiger partial charge in [-0.05, 0) is 29.1 Å². The number of rotatable bonds is 3. The summed E-state index contributed by atoms with van der Waals surface area (Å²) in [5.41, 5.74) is 1.77. The molecule has 8 heteroatoms. The molecular weight excluding hydrogens is 360 g/mol. The maximum absolute atomic E-state index is 11.6. The lowest BCUT2D eigenvalue weighted by molar-refractivity contribution is -0.131. The van der Waals surface area contributed by atoms with E-state index in [4.69, 9.17) is 16.3 Å². The Labute approximate surface area is 154 Å². The number of benzene rings is 2. The number of halogens is 1. The first-order valence-electron chi connectivity index (χ1n) is 7.95. The van der Waals surface area contributed by atoms with Gasteiger partial charge in [-0.15, -0.1) is 11.6 Å². The number of anilines is 2. The number of alkyl halides is 1. The van der Waals surface area contributed by atoms with Crippen LogP contribution in [0.1, 0.15) is 25.3 Å². The van der Waals surface area contributed by atoms with Crippen LogP contribution in [0.5, 0.6) is 5.75 Å². The number of carbonyl (C=O) groups excluding carboxylic acids is 2. The van der Waals surface area contributed by atoms with Gasteiger partial charge in [0.25, 0.3) is 0 Å². The maximum Gasteiger partial charge on any atom is 0.411 e. The first-order chi connectivity index (χ1) is 12.3. The molecule has 1 aliphatic heterocycles. The molecule has 2 amide bonds. The number of esters is 1. The highest BCUT2D eigenvalue weighted by Crippen LogP contribution is 2.46. The van der Waals surface area contributed by atoms with Gasteiger partial charge in [-0.2, -0.15) is 0 Å². The Bertz CT molecular complexity index is 927. The molecule has 0 fully saturated rings. The van der Waals surface area contributed by atoms with Gasteiger partial charge in [-0.25, -0.2) is 4.79 Å². The highest BCUT2D eigenvalue weighted by atomic mass is 35.5. The number of hydrogen-bond acceptors (Lipinski definition) is 4. The Kier molecular flexibility index (Phi) is 4.73. The number of nitrogens with one attached hydrogen (secondary N) is 1. The molecule has 2 aromatic carbocycles. The second-order valence-corrected chi connectivity index (χ2v) is 6.40. The van der Waals surface area contributed by atoms with Gasteiger partial charge >= 0.3 is 12.1 Å². The Morgan fingerprint density at radius 2 is 2.00 bits per heavy atom. The van der Waals surface area contributed by atoms with Gasteiger partial charge in [0.05, 0.1) is 5.69 Å². The molecule has 0 aromatic heterocycles. The third kappa shape index (κ3) is 3.17. The molecule has 3 rings (SSSR count). The van der Waals surface area contributed by atoms with E-state index >= 15 is 0 Å². The van der Waals surface area contributed by atoms with Crippen LogP contribution < -0.4 is 15.0 Å². The smallest absolute Gasteiger partial charge is 0.411 e. The average Bonchev–Trinajstić information content (AvgIpc) is 2.92. The van der Waals surface area contributed by atoms with Gasteiger partial charge in [0, 0.05) is 49.3 Å². The Morgan fingerprint density at radius 1 is 1.27 bits per heavy atom. The zero-order chi connectivity index (χ0) is 19.0. The largest absolute Gasteiger partial charge is 0.465 e. The molecule has 0 spiro atoms. The van der Waals surface area contributed by atoms with E-state index < -0.39 is 12.1 Å². The van der Waals surface area contributed by atoms with Crippen molar-refractivity contribution in [1.82, 2.24) is 0 Å². The zero-order valence-electron chi connectivity index (χ0n) is 14.2. The molecule has 136 valence electrons. The number of fused-ring (bicyclic) bond motifs is 3. The normalized spacial score (nSPS) is 15.7. The van der Waals surface area contributed by atoms with E-state index in [2.05, 4.69) is 5.32 Å². The van der Waals surface area contributed by atoms with Crippen LogP contribution in [0.3, 0.4) is 0 Å². The minimum Gasteiger partial charge on any atom is -0.465 e. The molecule has 1 heterocycles. The summed E-state index contributed by atoms with van der Waals surface area (Å²) < 4.78 is 5.29. The lowest BCUT2D eigenvalue weighted by Gasteiger charge is -2.16. The summed E-state index contributed by atoms with van der Waals surface area (Å²) in [7, 11) is 0. The number of carboxylic acid groups (broad SMARTS) is 1. The van der Waals surface area contributed by atoms with E-state index in [1.54, 1.807) is 24.3 Å². The van der Waals surface area contributed by atoms with Gasteiger partial charge in [-0.1, -0.05) is 0 Å². The van der Waals surface area contributed by atoms with Crippen molar-refractivity contribution in [1.29, 1.82) is 0 Å². The third-order valence-corrected chi connectivity index (χ3v) is 4.58. The Balaban J connectivity index is 2.30. The van der Waals surface area contributed by atoms with Crippen molar-refractivity contribution >= 4 is 51.7 Å². The van der Waals surface area contributed by atoms with Crippen LogP contribution in [0.25, 0.3) is 10.8 Å². The van der Waals surface area contributed by atoms with E-state index in [-0.39, 0.29) is 30.0 Å². The summed E-state index contributed by atoms with van der Waals surface area (Å²) >= 11 is 6.08. The molecule has 2 N–H and O–H groups in total. The molecule has 1 aliphatic rings. The summed E-state index contributed by atoms with van der Waals surface area (Å²) in [6.45, 7) is 2.90. The lowest BCUT2D eigenvalue weighted by atomic mass is 9.95. The molecule has 0 saturated carbocycles. The van der Waals surface area contributed by atoms with Crippen LogP contribution in [-0.4, -0.2) is 35.5 Å². The summed E-state index contributed by atoms with van der Waals surface area (Å²) in [6, 6.07) is 6.72. The van der Waals surface area contributed by atoms with Gasteiger partial charge in [0.15, 0.2) is 0 Å². The minimum atomic E-state index is -1.11. The number of amides is 2. The summed E-state index contributed by atoms with van der Waals surface area (Å²) in [4.78, 5) is 35.7. The molecule has 2 aromatic rings. The van der Waals surface area contributed by atoms with Crippen LogP contribution >= 0.6 is 11.6 Å². The molecule has 26 heavy (non-hydrogen) atoms. The molecule has 7 nitrogen and oxygen atoms in total. The maximum atomic E-state index is 11.6. The van der Waals surface area contributed by atoms with E-state index in [0.717, 1.165) is 5.56 Å². The first-order valence-corrected chi connectivity index (χ1v) is 8.48. The second-order valence-electron chi connectivity index (χ2n) is 6.09. The highest BCUT2D eigenvalue weighted by molar-refractivity contribution is 6.19. The molecule has 1 atom stereocenters. The van der Waals surface area contributed by atoms with Crippen LogP contribution in [-0.2, 0) is 9.59 Å². The average molecular weight is 377 g/mol. The number of ether oxygens (including phenoxy) is 1. The predicted octanol–water partition coefficient (Wildman–Crippen LogP) is 3.54. The quantitative estimate of drug-likeness (QED) is 0.485. The van der Waals surface area contributed by atoms with Crippen molar-refractivity contribution < 1.29 is 24.2 Å². The van der Waals surface area contributed by atoms with Crippen molar-refractivity contribution in [3.63, 3.8) is 0 Å². The van der Waals surface area contributed by atoms with E-state index in [1.165, 1.54) is 18.7 Å². The van der Waals surface area contributed by atoms with Crippen molar-refractivity contribution in [2.75, 3.05) is 22.6 Å². The highest BCUT2D eigenvalue weighted by Gasteiger charge is 2.34. The van der Waals surface area contributed by atoms with Crippen molar-refractivity contribution in [3.05, 3.63) is 29.8 Å². The number of carbonyl (C=O) groups is 3. The molecule has 0 saturated heterocycles. The fourth-order valence-corrected chi connectivity index (χ4v) is 3.54. The number of hydrogen-bond donors (Lipinski definition) is 2. The summed E-state index contributed by atoms with van der Waals surface area (Å²) in [5.74, 6) is -0.432. The van der Waals surface area contributed by atoms with E-state index in [9.17, 15) is 19.5 Å². The Morgan fingerprint density at radius 3 is 2.58 bits per heavy atom. The number of nitrogens with zero attached hydrogens (tertiary/aromatic N) is 1. The van der Waals surface area contributed by atoms with Crippen LogP contribution in [0.15, 0.2) is 24.3 Å². The SMILES string of the molecule is CC(=O)Nc1ccc2c(OC(C)=O)cc3c(c2c1)[C@@H](CCl)CN3C(=O)O. The van der Waals surface area contributed by atoms with Crippen molar-refractivity contribution in [3.8, 4) is 5.75 Å². The zero-order valence-corrected chi connectivity index (χ0v) is 15.0. The van der Waals surface area contributed by atoms with E-state index in [1.807, 2.05) is 0 Å². The standard InChI is InChI=1S/C18H17ClN2O5/c1-9(22)20-12-3-4-13-14(5-12)17-11(7-19)8-21(18(24)25)15(17)6-16(13)26-10(2)23/h3-6,11H,7-8H2,1-2H3,(H,20,22)(H,24,25)/t11-/m0/s1.